The fourth-order valence-corrected chi connectivity index (χ4v) is 4.15. The van der Waals surface area contributed by atoms with Gasteiger partial charge in [0.05, 0.1) is 11.2 Å². The van der Waals surface area contributed by atoms with Crippen LogP contribution >= 0.6 is 0 Å². The van der Waals surface area contributed by atoms with Crippen LogP contribution in [0.3, 0.4) is 0 Å². The van der Waals surface area contributed by atoms with Gasteiger partial charge in [0, 0.05) is 24.1 Å². The van der Waals surface area contributed by atoms with Crippen LogP contribution in [0.2, 0.25) is 0 Å². The SMILES string of the molecule is CCc1cc(C(C)(OS(C)(=O)=O)C(F)(F)F)cc(C)c1CC(=O)c1cccc([N+](=O)[O-])c1. The molecule has 0 aliphatic rings. The molecule has 0 amide bonds. The molecule has 0 bridgehead atoms. The average molecular weight is 473 g/mol. The monoisotopic (exact) mass is 473 g/mol. The molecular formula is C21H22F3NO6S. The number of hydrogen-bond donors (Lipinski definition) is 0. The molecule has 7 nitrogen and oxygen atoms in total. The summed E-state index contributed by atoms with van der Waals surface area (Å²) in [4.78, 5) is 23.0. The molecule has 2 rings (SSSR count). The summed E-state index contributed by atoms with van der Waals surface area (Å²) in [6.45, 7) is 3.83. The fraction of sp³-hybridized carbons (Fsp3) is 0.381. The highest BCUT2D eigenvalue weighted by Gasteiger charge is 2.56. The Morgan fingerprint density at radius 3 is 2.31 bits per heavy atom. The molecule has 0 aromatic heterocycles. The van der Waals surface area contributed by atoms with Crippen molar-refractivity contribution < 1.29 is 35.5 Å². The van der Waals surface area contributed by atoms with Crippen molar-refractivity contribution in [2.24, 2.45) is 0 Å². The predicted octanol–water partition coefficient (Wildman–Crippen LogP) is 4.64. The van der Waals surface area contributed by atoms with Crippen LogP contribution in [0.25, 0.3) is 0 Å². The Bertz CT molecular complexity index is 1160. The maximum atomic E-state index is 13.8. The van der Waals surface area contributed by atoms with Crippen molar-refractivity contribution in [1.82, 2.24) is 0 Å². The number of nitro benzene ring substituents is 1. The maximum absolute atomic E-state index is 13.8. The van der Waals surface area contributed by atoms with E-state index < -0.39 is 38.2 Å². The maximum Gasteiger partial charge on any atom is 0.422 e. The van der Waals surface area contributed by atoms with E-state index in [-0.39, 0.29) is 24.1 Å². The minimum atomic E-state index is -5.03. The number of non-ortho nitro benzene ring substituents is 1. The number of nitrogens with zero attached hydrogens (tertiary/aromatic N) is 1. The first-order chi connectivity index (χ1) is 14.6. The van der Waals surface area contributed by atoms with E-state index in [1.54, 1.807) is 6.92 Å². The van der Waals surface area contributed by atoms with Gasteiger partial charge in [0.25, 0.3) is 15.8 Å². The van der Waals surface area contributed by atoms with Crippen LogP contribution in [-0.2, 0) is 32.7 Å². The van der Waals surface area contributed by atoms with Crippen LogP contribution in [0.1, 0.15) is 46.5 Å². The van der Waals surface area contributed by atoms with Gasteiger partial charge in [-0.15, -0.1) is 0 Å². The Morgan fingerprint density at radius 1 is 1.19 bits per heavy atom. The Hall–Kier alpha value is -2.79. The van der Waals surface area contributed by atoms with Gasteiger partial charge in [-0.2, -0.15) is 21.6 Å². The minimum Gasteiger partial charge on any atom is -0.294 e. The van der Waals surface area contributed by atoms with Crippen LogP contribution in [-0.4, -0.2) is 31.6 Å². The zero-order valence-corrected chi connectivity index (χ0v) is 18.6. The van der Waals surface area contributed by atoms with Crippen molar-refractivity contribution in [1.29, 1.82) is 0 Å². The zero-order valence-electron chi connectivity index (χ0n) is 17.8. The summed E-state index contributed by atoms with van der Waals surface area (Å²) in [6, 6.07) is 7.51. The van der Waals surface area contributed by atoms with E-state index in [1.165, 1.54) is 31.2 Å². The number of carbonyl (C=O) groups is 1. The van der Waals surface area contributed by atoms with E-state index in [0.29, 0.717) is 29.9 Å². The Labute approximate surface area is 183 Å². The van der Waals surface area contributed by atoms with Crippen molar-refractivity contribution in [3.63, 3.8) is 0 Å². The normalized spacial score (nSPS) is 14.1. The van der Waals surface area contributed by atoms with Gasteiger partial charge in [-0.25, -0.2) is 4.18 Å². The Balaban J connectivity index is 2.53. The highest BCUT2D eigenvalue weighted by molar-refractivity contribution is 7.86. The van der Waals surface area contributed by atoms with Gasteiger partial charge in [-0.3, -0.25) is 14.9 Å². The number of hydrogen-bond acceptors (Lipinski definition) is 6. The van der Waals surface area contributed by atoms with Crippen molar-refractivity contribution in [2.45, 2.75) is 45.4 Å². The molecule has 0 aliphatic heterocycles. The molecule has 0 radical (unpaired) electrons. The van der Waals surface area contributed by atoms with Crippen molar-refractivity contribution in [2.75, 3.05) is 6.26 Å². The summed E-state index contributed by atoms with van der Waals surface area (Å²) in [5.41, 5.74) is -2.45. The van der Waals surface area contributed by atoms with Gasteiger partial charge < -0.3 is 0 Å². The van der Waals surface area contributed by atoms with E-state index in [4.69, 9.17) is 0 Å². The lowest BCUT2D eigenvalue weighted by molar-refractivity contribution is -0.384. The zero-order chi connectivity index (χ0) is 24.5. The van der Waals surface area contributed by atoms with E-state index in [2.05, 4.69) is 4.18 Å². The van der Waals surface area contributed by atoms with E-state index >= 15 is 0 Å². The number of halogens is 3. The van der Waals surface area contributed by atoms with Crippen molar-refractivity contribution in [3.05, 3.63) is 74.3 Å². The molecule has 11 heteroatoms. The molecule has 0 fully saturated rings. The first-order valence-electron chi connectivity index (χ1n) is 9.47. The van der Waals surface area contributed by atoms with Gasteiger partial charge in [0.1, 0.15) is 0 Å². The van der Waals surface area contributed by atoms with Gasteiger partial charge in [0.15, 0.2) is 5.78 Å². The van der Waals surface area contributed by atoms with Crippen LogP contribution in [0.4, 0.5) is 18.9 Å². The topological polar surface area (TPSA) is 104 Å². The smallest absolute Gasteiger partial charge is 0.294 e. The van der Waals surface area contributed by atoms with E-state index in [0.717, 1.165) is 12.1 Å². The third kappa shape index (κ3) is 5.52. The summed E-state index contributed by atoms with van der Waals surface area (Å²) in [5, 5.41) is 10.9. The molecule has 1 unspecified atom stereocenters. The number of rotatable bonds is 8. The molecule has 0 aliphatic carbocycles. The van der Waals surface area contributed by atoms with Crippen molar-refractivity contribution >= 4 is 21.6 Å². The second kappa shape index (κ2) is 8.99. The molecule has 1 atom stereocenters. The largest absolute Gasteiger partial charge is 0.422 e. The molecule has 0 spiro atoms. The molecule has 32 heavy (non-hydrogen) atoms. The second-order valence-corrected chi connectivity index (χ2v) is 9.09. The summed E-state index contributed by atoms with van der Waals surface area (Å²) in [6.07, 6.45) is -4.42. The summed E-state index contributed by atoms with van der Waals surface area (Å²) in [5.74, 6) is -0.440. The van der Waals surface area contributed by atoms with Gasteiger partial charge >= 0.3 is 6.18 Å². The Morgan fingerprint density at radius 2 is 1.81 bits per heavy atom. The molecule has 0 heterocycles. The summed E-state index contributed by atoms with van der Waals surface area (Å²) >= 11 is 0. The molecule has 174 valence electrons. The first-order valence-corrected chi connectivity index (χ1v) is 11.3. The minimum absolute atomic E-state index is 0.102. The van der Waals surface area contributed by atoms with Crippen LogP contribution in [0, 0.1) is 17.0 Å². The third-order valence-corrected chi connectivity index (χ3v) is 5.71. The number of benzene rings is 2. The van der Waals surface area contributed by atoms with E-state index in [1.807, 2.05) is 0 Å². The molecule has 0 N–H and O–H groups in total. The first kappa shape index (κ1) is 25.5. The number of nitro groups is 1. The Kier molecular flexibility index (Phi) is 7.15. The number of aryl methyl sites for hydroxylation is 2. The second-order valence-electron chi connectivity index (χ2n) is 7.51. The molecule has 2 aromatic rings. The lowest BCUT2D eigenvalue weighted by Crippen LogP contribution is -2.43. The summed E-state index contributed by atoms with van der Waals surface area (Å²) < 4.78 is 69.0. The highest BCUT2D eigenvalue weighted by Crippen LogP contribution is 2.44. The van der Waals surface area contributed by atoms with Gasteiger partial charge in [-0.1, -0.05) is 31.2 Å². The fourth-order valence-electron chi connectivity index (χ4n) is 3.35. The number of carbonyl (C=O) groups excluding carboxylic acids is 1. The van der Waals surface area contributed by atoms with Gasteiger partial charge in [0.2, 0.25) is 5.60 Å². The standard InChI is InChI=1S/C21H22F3NO6S/c1-5-14-10-16(20(3,21(22,23)24)31-32(4,29)30)9-13(2)18(14)12-19(26)15-7-6-8-17(11-15)25(27)28/h6-11H,5,12H2,1-4H3. The van der Waals surface area contributed by atoms with Crippen LogP contribution < -0.4 is 0 Å². The molecular weight excluding hydrogens is 451 g/mol. The van der Waals surface area contributed by atoms with Crippen LogP contribution in [0.5, 0.6) is 0 Å². The highest BCUT2D eigenvalue weighted by atomic mass is 32.2. The molecule has 2 aromatic carbocycles. The lowest BCUT2D eigenvalue weighted by Gasteiger charge is -2.32. The van der Waals surface area contributed by atoms with Crippen LogP contribution in [0.15, 0.2) is 36.4 Å². The molecule has 0 saturated carbocycles. The molecule has 0 saturated heterocycles. The average Bonchev–Trinajstić information content (AvgIpc) is 2.66. The predicted molar refractivity (Wildman–Crippen MR) is 111 cm³/mol. The third-order valence-electron chi connectivity index (χ3n) is 5.07. The quantitative estimate of drug-likeness (QED) is 0.239. The van der Waals surface area contributed by atoms with E-state index in [9.17, 15) is 36.5 Å². The van der Waals surface area contributed by atoms with Gasteiger partial charge in [-0.05, 0) is 42.5 Å². The number of ketones is 1. The number of Topliss-reactive ketones (excluding diaryl/α,β-unsaturated/α-hetero) is 1. The lowest BCUT2D eigenvalue weighted by atomic mass is 9.86. The summed E-state index contributed by atoms with van der Waals surface area (Å²) in [7, 11) is -4.45. The van der Waals surface area contributed by atoms with Crippen molar-refractivity contribution in [3.8, 4) is 0 Å². The number of alkyl halides is 3.